The summed E-state index contributed by atoms with van der Waals surface area (Å²) in [5, 5.41) is 11.9. The maximum atomic E-state index is 4.92. The molecule has 1 aliphatic rings. The van der Waals surface area contributed by atoms with E-state index >= 15 is 0 Å². The van der Waals surface area contributed by atoms with Crippen LogP contribution in [0.25, 0.3) is 5.82 Å². The molecule has 1 N–H and O–H groups in total. The highest BCUT2D eigenvalue weighted by atomic mass is 16.5. The normalized spacial score (nSPS) is 15.6. The first-order chi connectivity index (χ1) is 14.6. The second-order valence-electron chi connectivity index (χ2n) is 7.52. The second-order valence-corrected chi connectivity index (χ2v) is 7.52. The highest BCUT2D eigenvalue weighted by Crippen LogP contribution is 2.11. The van der Waals surface area contributed by atoms with E-state index < -0.39 is 0 Å². The van der Waals surface area contributed by atoms with Gasteiger partial charge in [0.15, 0.2) is 11.8 Å². The number of nitrogens with zero attached hydrogens (tertiary/aromatic N) is 7. The van der Waals surface area contributed by atoms with Gasteiger partial charge in [-0.15, -0.1) is 0 Å². The van der Waals surface area contributed by atoms with Crippen molar-refractivity contribution in [2.75, 3.05) is 33.2 Å². The predicted molar refractivity (Wildman–Crippen MR) is 114 cm³/mol. The summed E-state index contributed by atoms with van der Waals surface area (Å²) in [6, 6.07) is 8.05. The average Bonchev–Trinajstić information content (AvgIpc) is 3.39. The number of aromatic nitrogens is 4. The molecular formula is C21H28N8O. The van der Waals surface area contributed by atoms with Crippen molar-refractivity contribution >= 4 is 5.96 Å². The van der Waals surface area contributed by atoms with Crippen LogP contribution in [0.4, 0.5) is 0 Å². The zero-order valence-corrected chi connectivity index (χ0v) is 17.7. The Hall–Kier alpha value is -3.20. The lowest BCUT2D eigenvalue weighted by atomic mass is 10.2. The number of guanidine groups is 1. The molecule has 9 nitrogen and oxygen atoms in total. The molecule has 0 atom stereocenters. The van der Waals surface area contributed by atoms with Crippen LogP contribution in [-0.2, 0) is 13.1 Å². The van der Waals surface area contributed by atoms with Crippen LogP contribution < -0.4 is 5.32 Å². The Bertz CT molecular complexity index is 969. The molecule has 1 aliphatic heterocycles. The van der Waals surface area contributed by atoms with Crippen molar-refractivity contribution < 1.29 is 4.52 Å². The first-order valence-electron chi connectivity index (χ1n) is 10.2. The standard InChI is InChI=1S/C21H28N8O/c1-16-12-17(2)29(25-16)20-5-4-18(13-23-20)14-24-21(22-3)28-9-7-27(8-10-28)15-19-6-11-30-26-19/h4-6,11-13H,7-10,14-15H2,1-3H3,(H,22,24). The van der Waals surface area contributed by atoms with Crippen molar-refractivity contribution in [3.8, 4) is 5.82 Å². The number of piperazine rings is 1. The van der Waals surface area contributed by atoms with Gasteiger partial charge in [0, 0.05) is 64.3 Å². The average molecular weight is 409 g/mol. The van der Waals surface area contributed by atoms with Crippen molar-refractivity contribution in [1.82, 2.24) is 35.0 Å². The van der Waals surface area contributed by atoms with Gasteiger partial charge in [-0.2, -0.15) is 5.10 Å². The molecular weight excluding hydrogens is 380 g/mol. The van der Waals surface area contributed by atoms with Gasteiger partial charge < -0.3 is 14.7 Å². The van der Waals surface area contributed by atoms with Gasteiger partial charge in [-0.25, -0.2) is 9.67 Å². The molecule has 3 aromatic heterocycles. The quantitative estimate of drug-likeness (QED) is 0.508. The molecule has 0 saturated carbocycles. The van der Waals surface area contributed by atoms with Gasteiger partial charge in [-0.1, -0.05) is 11.2 Å². The molecule has 4 heterocycles. The third kappa shape index (κ3) is 4.68. The van der Waals surface area contributed by atoms with E-state index in [4.69, 9.17) is 4.52 Å². The van der Waals surface area contributed by atoms with Gasteiger partial charge in [0.2, 0.25) is 0 Å². The van der Waals surface area contributed by atoms with Crippen molar-refractivity contribution in [2.45, 2.75) is 26.9 Å². The molecule has 1 fully saturated rings. The SMILES string of the molecule is CN=C(NCc1ccc(-n2nc(C)cc2C)nc1)N1CCN(Cc2ccon2)CC1. The number of pyridine rings is 1. The van der Waals surface area contributed by atoms with Gasteiger partial charge in [-0.3, -0.25) is 9.89 Å². The number of hydrogen-bond acceptors (Lipinski definition) is 6. The Morgan fingerprint density at radius 2 is 2.00 bits per heavy atom. The van der Waals surface area contributed by atoms with Crippen LogP contribution in [0.5, 0.6) is 0 Å². The zero-order chi connectivity index (χ0) is 20.9. The number of aliphatic imine (C=N–C) groups is 1. The van der Waals surface area contributed by atoms with E-state index in [1.807, 2.05) is 50.0 Å². The molecule has 4 rings (SSSR count). The lowest BCUT2D eigenvalue weighted by Crippen LogP contribution is -2.52. The third-order valence-corrected chi connectivity index (χ3v) is 5.25. The minimum absolute atomic E-state index is 0.677. The van der Waals surface area contributed by atoms with Gasteiger partial charge in [0.05, 0.1) is 11.4 Å². The van der Waals surface area contributed by atoms with E-state index in [1.165, 1.54) is 0 Å². The summed E-state index contributed by atoms with van der Waals surface area (Å²) in [6.45, 7) is 9.30. The van der Waals surface area contributed by atoms with Crippen molar-refractivity contribution in [3.63, 3.8) is 0 Å². The summed E-state index contributed by atoms with van der Waals surface area (Å²) in [5.41, 5.74) is 4.15. The van der Waals surface area contributed by atoms with Crippen LogP contribution in [0.3, 0.4) is 0 Å². The Labute approximate surface area is 176 Å². The first kappa shape index (κ1) is 20.1. The Morgan fingerprint density at radius 3 is 2.60 bits per heavy atom. The minimum Gasteiger partial charge on any atom is -0.364 e. The summed E-state index contributed by atoms with van der Waals surface area (Å²) in [6.07, 6.45) is 3.51. The molecule has 0 radical (unpaired) electrons. The Morgan fingerprint density at radius 1 is 1.17 bits per heavy atom. The van der Waals surface area contributed by atoms with Gasteiger partial charge in [0.25, 0.3) is 0 Å². The third-order valence-electron chi connectivity index (χ3n) is 5.25. The van der Waals surface area contributed by atoms with E-state index in [-0.39, 0.29) is 0 Å². The van der Waals surface area contributed by atoms with Crippen LogP contribution in [0.2, 0.25) is 0 Å². The molecule has 3 aromatic rings. The van der Waals surface area contributed by atoms with E-state index in [9.17, 15) is 0 Å². The molecule has 158 valence electrons. The molecule has 0 bridgehead atoms. The summed E-state index contributed by atoms with van der Waals surface area (Å²) in [5.74, 6) is 1.75. The highest BCUT2D eigenvalue weighted by Gasteiger charge is 2.20. The van der Waals surface area contributed by atoms with E-state index in [1.54, 1.807) is 6.26 Å². The second kappa shape index (κ2) is 9.08. The van der Waals surface area contributed by atoms with Crippen molar-refractivity contribution in [3.05, 3.63) is 59.4 Å². The fourth-order valence-corrected chi connectivity index (χ4v) is 3.69. The van der Waals surface area contributed by atoms with E-state index in [2.05, 4.69) is 41.4 Å². The minimum atomic E-state index is 0.677. The lowest BCUT2D eigenvalue weighted by Gasteiger charge is -2.36. The first-order valence-corrected chi connectivity index (χ1v) is 10.2. The molecule has 9 heteroatoms. The molecule has 0 amide bonds. The largest absolute Gasteiger partial charge is 0.364 e. The molecule has 0 aromatic carbocycles. The molecule has 0 spiro atoms. The number of nitrogens with one attached hydrogen (secondary N) is 1. The Kier molecular flexibility index (Phi) is 6.08. The highest BCUT2D eigenvalue weighted by molar-refractivity contribution is 5.80. The fraction of sp³-hybridized carbons (Fsp3) is 0.429. The Balaban J connectivity index is 1.29. The van der Waals surface area contributed by atoms with Gasteiger partial charge in [-0.05, 0) is 31.5 Å². The summed E-state index contributed by atoms with van der Waals surface area (Å²) < 4.78 is 6.79. The van der Waals surface area contributed by atoms with E-state index in [0.717, 1.165) is 67.1 Å². The van der Waals surface area contributed by atoms with Crippen LogP contribution in [0.15, 0.2) is 46.2 Å². The maximum absolute atomic E-state index is 4.92. The van der Waals surface area contributed by atoms with Crippen LogP contribution >= 0.6 is 0 Å². The lowest BCUT2D eigenvalue weighted by molar-refractivity contribution is 0.169. The molecule has 0 unspecified atom stereocenters. The van der Waals surface area contributed by atoms with Crippen molar-refractivity contribution in [1.29, 1.82) is 0 Å². The van der Waals surface area contributed by atoms with Crippen LogP contribution in [0, 0.1) is 13.8 Å². The zero-order valence-electron chi connectivity index (χ0n) is 17.7. The van der Waals surface area contributed by atoms with Gasteiger partial charge >= 0.3 is 0 Å². The maximum Gasteiger partial charge on any atom is 0.194 e. The van der Waals surface area contributed by atoms with Crippen LogP contribution in [0.1, 0.15) is 22.6 Å². The molecule has 0 aliphatic carbocycles. The number of rotatable bonds is 5. The summed E-state index contributed by atoms with van der Waals surface area (Å²) in [7, 11) is 1.83. The summed E-state index contributed by atoms with van der Waals surface area (Å²) in [4.78, 5) is 13.7. The van der Waals surface area contributed by atoms with Crippen LogP contribution in [-0.4, -0.2) is 68.9 Å². The predicted octanol–water partition coefficient (Wildman–Crippen LogP) is 1.77. The topological polar surface area (TPSA) is 87.6 Å². The van der Waals surface area contributed by atoms with Gasteiger partial charge in [0.1, 0.15) is 6.26 Å². The number of hydrogen-bond donors (Lipinski definition) is 1. The molecule has 30 heavy (non-hydrogen) atoms. The van der Waals surface area contributed by atoms with Crippen molar-refractivity contribution in [2.24, 2.45) is 4.99 Å². The number of aryl methyl sites for hydroxylation is 2. The van der Waals surface area contributed by atoms with E-state index in [0.29, 0.717) is 6.54 Å². The monoisotopic (exact) mass is 408 g/mol. The fourth-order valence-electron chi connectivity index (χ4n) is 3.69. The summed E-state index contributed by atoms with van der Waals surface area (Å²) >= 11 is 0. The molecule has 1 saturated heterocycles. The smallest absolute Gasteiger partial charge is 0.194 e.